The van der Waals surface area contributed by atoms with Crippen molar-refractivity contribution >= 4 is 12.0 Å². The normalized spacial score (nSPS) is 20.9. The first-order valence-corrected chi connectivity index (χ1v) is 6.01. The SMILES string of the molecule is CC(C)CC1CN(CC(C)(C)C(=O)O)C(=O)N1. The molecule has 1 aliphatic rings. The van der Waals surface area contributed by atoms with Gasteiger partial charge in [-0.3, -0.25) is 4.79 Å². The van der Waals surface area contributed by atoms with Crippen molar-refractivity contribution in [1.82, 2.24) is 10.2 Å². The van der Waals surface area contributed by atoms with Crippen molar-refractivity contribution in [1.29, 1.82) is 0 Å². The fourth-order valence-corrected chi connectivity index (χ4v) is 2.04. The van der Waals surface area contributed by atoms with Crippen LogP contribution in [0.5, 0.6) is 0 Å². The van der Waals surface area contributed by atoms with Crippen molar-refractivity contribution in [2.75, 3.05) is 13.1 Å². The molecule has 0 bridgehead atoms. The Kier molecular flexibility index (Phi) is 4.01. The van der Waals surface area contributed by atoms with Gasteiger partial charge in [-0.15, -0.1) is 0 Å². The fraction of sp³-hybridized carbons (Fsp3) is 0.833. The lowest BCUT2D eigenvalue weighted by molar-refractivity contribution is -0.147. The van der Waals surface area contributed by atoms with Gasteiger partial charge >= 0.3 is 12.0 Å². The first kappa shape index (κ1) is 13.8. The van der Waals surface area contributed by atoms with Gasteiger partial charge in [0.25, 0.3) is 0 Å². The summed E-state index contributed by atoms with van der Waals surface area (Å²) in [6.07, 6.45) is 0.926. The molecule has 5 heteroatoms. The van der Waals surface area contributed by atoms with E-state index < -0.39 is 11.4 Å². The van der Waals surface area contributed by atoms with Gasteiger partial charge in [0.15, 0.2) is 0 Å². The largest absolute Gasteiger partial charge is 0.481 e. The lowest BCUT2D eigenvalue weighted by Gasteiger charge is -2.25. The van der Waals surface area contributed by atoms with Crippen LogP contribution in [0.4, 0.5) is 4.79 Å². The second-order valence-corrected chi connectivity index (χ2v) is 5.85. The van der Waals surface area contributed by atoms with Crippen LogP contribution >= 0.6 is 0 Å². The highest BCUT2D eigenvalue weighted by Crippen LogP contribution is 2.21. The predicted molar refractivity (Wildman–Crippen MR) is 64.8 cm³/mol. The highest BCUT2D eigenvalue weighted by atomic mass is 16.4. The molecular formula is C12H22N2O3. The third-order valence-corrected chi connectivity index (χ3v) is 2.98. The van der Waals surface area contributed by atoms with E-state index in [0.717, 1.165) is 6.42 Å². The zero-order valence-electron chi connectivity index (χ0n) is 11.0. The number of urea groups is 1. The molecular weight excluding hydrogens is 220 g/mol. The van der Waals surface area contributed by atoms with Crippen LogP contribution in [0.15, 0.2) is 0 Å². The average molecular weight is 242 g/mol. The zero-order chi connectivity index (χ0) is 13.2. The van der Waals surface area contributed by atoms with Crippen molar-refractivity contribution in [2.45, 2.75) is 40.2 Å². The van der Waals surface area contributed by atoms with E-state index in [2.05, 4.69) is 19.2 Å². The van der Waals surface area contributed by atoms with E-state index in [1.54, 1.807) is 18.7 Å². The van der Waals surface area contributed by atoms with E-state index >= 15 is 0 Å². The number of aliphatic carboxylic acids is 1. The quantitative estimate of drug-likeness (QED) is 0.768. The van der Waals surface area contributed by atoms with Gasteiger partial charge in [0, 0.05) is 19.1 Å². The zero-order valence-corrected chi connectivity index (χ0v) is 11.0. The molecule has 0 aliphatic carbocycles. The topological polar surface area (TPSA) is 69.6 Å². The molecule has 0 saturated carbocycles. The van der Waals surface area contributed by atoms with Gasteiger partial charge in [-0.25, -0.2) is 4.79 Å². The Labute approximate surface area is 102 Å². The third kappa shape index (κ3) is 3.61. The molecule has 0 aromatic heterocycles. The van der Waals surface area contributed by atoms with Crippen LogP contribution in [-0.2, 0) is 4.79 Å². The van der Waals surface area contributed by atoms with Gasteiger partial charge < -0.3 is 15.3 Å². The summed E-state index contributed by atoms with van der Waals surface area (Å²) < 4.78 is 0. The van der Waals surface area contributed by atoms with Crippen molar-refractivity contribution in [3.05, 3.63) is 0 Å². The highest BCUT2D eigenvalue weighted by molar-refractivity contribution is 5.79. The number of rotatable bonds is 5. The molecule has 98 valence electrons. The monoisotopic (exact) mass is 242 g/mol. The molecule has 0 radical (unpaired) electrons. The number of hydrogen-bond donors (Lipinski definition) is 2. The second kappa shape index (κ2) is 4.94. The minimum Gasteiger partial charge on any atom is -0.481 e. The summed E-state index contributed by atoms with van der Waals surface area (Å²) in [6, 6.07) is -0.00271. The van der Waals surface area contributed by atoms with Crippen LogP contribution in [0, 0.1) is 11.3 Å². The van der Waals surface area contributed by atoms with E-state index in [1.165, 1.54) is 0 Å². The molecule has 0 aromatic rings. The van der Waals surface area contributed by atoms with E-state index in [1.807, 2.05) is 0 Å². The number of carbonyl (C=O) groups excluding carboxylic acids is 1. The number of carboxylic acids is 1. The predicted octanol–water partition coefficient (Wildman–Crippen LogP) is 1.54. The third-order valence-electron chi connectivity index (χ3n) is 2.98. The molecule has 5 nitrogen and oxygen atoms in total. The van der Waals surface area contributed by atoms with Crippen LogP contribution in [0.3, 0.4) is 0 Å². The molecule has 0 aromatic carbocycles. The van der Waals surface area contributed by atoms with E-state index in [4.69, 9.17) is 5.11 Å². The van der Waals surface area contributed by atoms with Gasteiger partial charge in [0.1, 0.15) is 0 Å². The van der Waals surface area contributed by atoms with Crippen molar-refractivity contribution in [2.24, 2.45) is 11.3 Å². The summed E-state index contributed by atoms with van der Waals surface area (Å²) in [5, 5.41) is 11.9. The number of nitrogens with one attached hydrogen (secondary N) is 1. The Hall–Kier alpha value is -1.26. The Morgan fingerprint density at radius 2 is 2.18 bits per heavy atom. The second-order valence-electron chi connectivity index (χ2n) is 5.85. The van der Waals surface area contributed by atoms with Gasteiger partial charge in [0.2, 0.25) is 0 Å². The lowest BCUT2D eigenvalue weighted by Crippen LogP contribution is -2.40. The van der Waals surface area contributed by atoms with Crippen molar-refractivity contribution in [3.63, 3.8) is 0 Å². The number of amides is 2. The first-order chi connectivity index (χ1) is 7.72. The summed E-state index contributed by atoms with van der Waals surface area (Å²) >= 11 is 0. The highest BCUT2D eigenvalue weighted by Gasteiger charge is 2.36. The maximum atomic E-state index is 11.7. The molecule has 1 heterocycles. The van der Waals surface area contributed by atoms with Gasteiger partial charge in [-0.2, -0.15) is 0 Å². The van der Waals surface area contributed by atoms with Crippen LogP contribution in [0.1, 0.15) is 34.1 Å². The fourth-order valence-electron chi connectivity index (χ4n) is 2.04. The van der Waals surface area contributed by atoms with Crippen LogP contribution in [-0.4, -0.2) is 41.1 Å². The maximum Gasteiger partial charge on any atom is 0.317 e. The summed E-state index contributed by atoms with van der Waals surface area (Å²) in [4.78, 5) is 24.3. The standard InChI is InChI=1S/C12H22N2O3/c1-8(2)5-9-6-14(11(17)13-9)7-12(3,4)10(15)16/h8-9H,5-7H2,1-4H3,(H,13,17)(H,15,16). The molecule has 1 aliphatic heterocycles. The summed E-state index contributed by atoms with van der Waals surface area (Å²) in [7, 11) is 0. The first-order valence-electron chi connectivity index (χ1n) is 6.01. The molecule has 1 saturated heterocycles. The van der Waals surface area contributed by atoms with E-state index in [9.17, 15) is 9.59 Å². The van der Waals surface area contributed by atoms with Crippen LogP contribution < -0.4 is 5.32 Å². The minimum absolute atomic E-state index is 0.145. The summed E-state index contributed by atoms with van der Waals surface area (Å²) in [5.74, 6) is -0.356. The molecule has 1 rings (SSSR count). The summed E-state index contributed by atoms with van der Waals surface area (Å²) in [5.41, 5.74) is -0.899. The molecule has 2 N–H and O–H groups in total. The Bertz CT molecular complexity index is 313. The average Bonchev–Trinajstić information content (AvgIpc) is 2.44. The number of carboxylic acid groups (broad SMARTS) is 1. The molecule has 0 spiro atoms. The Morgan fingerprint density at radius 1 is 1.59 bits per heavy atom. The van der Waals surface area contributed by atoms with Crippen molar-refractivity contribution in [3.8, 4) is 0 Å². The van der Waals surface area contributed by atoms with Crippen LogP contribution in [0.2, 0.25) is 0 Å². The molecule has 1 unspecified atom stereocenters. The smallest absolute Gasteiger partial charge is 0.317 e. The van der Waals surface area contributed by atoms with E-state index in [0.29, 0.717) is 12.5 Å². The van der Waals surface area contributed by atoms with E-state index in [-0.39, 0.29) is 18.6 Å². The van der Waals surface area contributed by atoms with Gasteiger partial charge in [-0.05, 0) is 26.2 Å². The maximum absolute atomic E-state index is 11.7. The minimum atomic E-state index is -0.899. The van der Waals surface area contributed by atoms with Gasteiger partial charge in [-0.1, -0.05) is 13.8 Å². The molecule has 1 atom stereocenters. The molecule has 17 heavy (non-hydrogen) atoms. The number of hydrogen-bond acceptors (Lipinski definition) is 2. The number of carbonyl (C=O) groups is 2. The molecule has 1 fully saturated rings. The lowest BCUT2D eigenvalue weighted by atomic mass is 9.93. The summed E-state index contributed by atoms with van der Waals surface area (Å²) in [6.45, 7) is 8.35. The van der Waals surface area contributed by atoms with Crippen molar-refractivity contribution < 1.29 is 14.7 Å². The Morgan fingerprint density at radius 3 is 2.65 bits per heavy atom. The molecule has 2 amide bonds. The number of nitrogens with zero attached hydrogens (tertiary/aromatic N) is 1. The van der Waals surface area contributed by atoms with Crippen LogP contribution in [0.25, 0.3) is 0 Å². The van der Waals surface area contributed by atoms with Gasteiger partial charge in [0.05, 0.1) is 5.41 Å². The Balaban J connectivity index is 2.57.